The molecule has 1 atom stereocenters. The maximum Gasteiger partial charge on any atom is 0.0235 e. The summed E-state index contributed by atoms with van der Waals surface area (Å²) in [4.78, 5) is 2.41. The van der Waals surface area contributed by atoms with Crippen molar-refractivity contribution in [2.75, 3.05) is 13.6 Å². The van der Waals surface area contributed by atoms with Crippen LogP contribution in [0, 0.1) is 0 Å². The Labute approximate surface area is 112 Å². The van der Waals surface area contributed by atoms with Crippen molar-refractivity contribution in [2.24, 2.45) is 5.73 Å². The summed E-state index contributed by atoms with van der Waals surface area (Å²) < 4.78 is 0. The summed E-state index contributed by atoms with van der Waals surface area (Å²) in [6.07, 6.45) is 1.16. The highest BCUT2D eigenvalue weighted by atomic mass is 15.2. The molecule has 0 radical (unpaired) electrons. The third kappa shape index (κ3) is 3.82. The molecule has 102 valence electrons. The lowest BCUT2D eigenvalue weighted by Gasteiger charge is -2.34. The fraction of sp³-hybridized carbons (Fsp3) is 0.625. The van der Waals surface area contributed by atoms with Gasteiger partial charge in [0.25, 0.3) is 0 Å². The van der Waals surface area contributed by atoms with Gasteiger partial charge in [0.2, 0.25) is 0 Å². The van der Waals surface area contributed by atoms with Crippen LogP contribution in [-0.2, 0) is 6.54 Å². The van der Waals surface area contributed by atoms with Crippen LogP contribution < -0.4 is 5.73 Å². The maximum absolute atomic E-state index is 5.69. The molecule has 2 heteroatoms. The zero-order valence-corrected chi connectivity index (χ0v) is 12.5. The number of benzene rings is 1. The highest BCUT2D eigenvalue weighted by Crippen LogP contribution is 2.20. The minimum atomic E-state index is 0.253. The first kappa shape index (κ1) is 15.2. The summed E-state index contributed by atoms with van der Waals surface area (Å²) in [6.45, 7) is 10.7. The zero-order valence-electron chi connectivity index (χ0n) is 12.5. The second-order valence-electron chi connectivity index (χ2n) is 5.90. The number of nitrogens with two attached hydrogens (primary N) is 1. The van der Waals surface area contributed by atoms with Crippen molar-refractivity contribution < 1.29 is 0 Å². The van der Waals surface area contributed by atoms with Gasteiger partial charge in [-0.1, -0.05) is 38.1 Å². The van der Waals surface area contributed by atoms with Gasteiger partial charge in [0, 0.05) is 12.1 Å². The first-order valence-corrected chi connectivity index (χ1v) is 6.91. The lowest BCUT2D eigenvalue weighted by Crippen LogP contribution is -2.39. The highest BCUT2D eigenvalue weighted by molar-refractivity contribution is 5.25. The topological polar surface area (TPSA) is 29.3 Å². The van der Waals surface area contributed by atoms with Gasteiger partial charge in [-0.3, -0.25) is 4.90 Å². The van der Waals surface area contributed by atoms with Crippen molar-refractivity contribution >= 4 is 0 Å². The largest absolute Gasteiger partial charge is 0.330 e. The second-order valence-corrected chi connectivity index (χ2v) is 5.90. The Balaban J connectivity index is 2.69. The Bertz CT molecular complexity index is 354. The molecular formula is C16H28N2. The molecule has 0 spiro atoms. The summed E-state index contributed by atoms with van der Waals surface area (Å²) in [5.74, 6) is 0.448. The lowest BCUT2D eigenvalue weighted by molar-refractivity contribution is 0.143. The fourth-order valence-corrected chi connectivity index (χ4v) is 1.85. The van der Waals surface area contributed by atoms with Crippen LogP contribution in [0.4, 0.5) is 0 Å². The molecule has 0 saturated carbocycles. The van der Waals surface area contributed by atoms with Crippen molar-refractivity contribution in [3.8, 4) is 0 Å². The van der Waals surface area contributed by atoms with Gasteiger partial charge in [0.05, 0.1) is 0 Å². The van der Waals surface area contributed by atoms with Gasteiger partial charge >= 0.3 is 0 Å². The fourth-order valence-electron chi connectivity index (χ4n) is 1.85. The van der Waals surface area contributed by atoms with Crippen molar-refractivity contribution in [3.63, 3.8) is 0 Å². The average molecular weight is 248 g/mol. The number of hydrogen-bond donors (Lipinski definition) is 1. The molecule has 1 unspecified atom stereocenters. The Morgan fingerprint density at radius 3 is 2.22 bits per heavy atom. The molecule has 18 heavy (non-hydrogen) atoms. The average Bonchev–Trinajstić information content (AvgIpc) is 2.38. The SMILES string of the molecule is CCC(C)(C)N(C)Cc1ccc(C(C)CN)cc1. The Morgan fingerprint density at radius 1 is 1.22 bits per heavy atom. The summed E-state index contributed by atoms with van der Waals surface area (Å²) in [5, 5.41) is 0. The smallest absolute Gasteiger partial charge is 0.0235 e. The molecule has 0 aliphatic carbocycles. The van der Waals surface area contributed by atoms with Crippen LogP contribution in [0.2, 0.25) is 0 Å². The molecule has 0 heterocycles. The Kier molecular flexibility index (Phi) is 5.36. The molecular weight excluding hydrogens is 220 g/mol. The van der Waals surface area contributed by atoms with Gasteiger partial charge < -0.3 is 5.73 Å². The molecule has 0 aliphatic rings. The summed E-state index contributed by atoms with van der Waals surface area (Å²) in [5.41, 5.74) is 8.64. The quantitative estimate of drug-likeness (QED) is 0.836. The second kappa shape index (κ2) is 6.35. The van der Waals surface area contributed by atoms with Crippen LogP contribution in [0.3, 0.4) is 0 Å². The summed E-state index contributed by atoms with van der Waals surface area (Å²) in [6, 6.07) is 8.87. The predicted molar refractivity (Wildman–Crippen MR) is 79.7 cm³/mol. The molecule has 0 amide bonds. The lowest BCUT2D eigenvalue weighted by atomic mass is 9.97. The van der Waals surface area contributed by atoms with E-state index in [9.17, 15) is 0 Å². The minimum Gasteiger partial charge on any atom is -0.330 e. The molecule has 1 aromatic rings. The third-order valence-electron chi connectivity index (χ3n) is 4.22. The van der Waals surface area contributed by atoms with Crippen LogP contribution >= 0.6 is 0 Å². The van der Waals surface area contributed by atoms with Crippen molar-refractivity contribution in [2.45, 2.75) is 52.1 Å². The molecule has 0 fully saturated rings. The highest BCUT2D eigenvalue weighted by Gasteiger charge is 2.20. The van der Waals surface area contributed by atoms with E-state index in [0.29, 0.717) is 12.5 Å². The van der Waals surface area contributed by atoms with Crippen LogP contribution in [0.15, 0.2) is 24.3 Å². The van der Waals surface area contributed by atoms with E-state index in [-0.39, 0.29) is 5.54 Å². The van der Waals surface area contributed by atoms with Crippen molar-refractivity contribution in [1.82, 2.24) is 4.90 Å². The van der Waals surface area contributed by atoms with E-state index < -0.39 is 0 Å². The van der Waals surface area contributed by atoms with E-state index in [1.165, 1.54) is 11.1 Å². The Morgan fingerprint density at radius 2 is 1.78 bits per heavy atom. The number of hydrogen-bond acceptors (Lipinski definition) is 2. The van der Waals surface area contributed by atoms with Gasteiger partial charge in [0.1, 0.15) is 0 Å². The van der Waals surface area contributed by atoms with E-state index in [1.54, 1.807) is 0 Å². The van der Waals surface area contributed by atoms with Crippen LogP contribution in [0.5, 0.6) is 0 Å². The van der Waals surface area contributed by atoms with Gasteiger partial charge in [-0.25, -0.2) is 0 Å². The standard InChI is InChI=1S/C16H28N2/c1-6-16(3,4)18(5)12-14-7-9-15(10-8-14)13(2)11-17/h7-10,13H,6,11-12,17H2,1-5H3. The van der Waals surface area contributed by atoms with E-state index >= 15 is 0 Å². The molecule has 0 aromatic heterocycles. The van der Waals surface area contributed by atoms with E-state index in [2.05, 4.69) is 63.9 Å². The van der Waals surface area contributed by atoms with Crippen molar-refractivity contribution in [3.05, 3.63) is 35.4 Å². The summed E-state index contributed by atoms with van der Waals surface area (Å²) >= 11 is 0. The number of nitrogens with zero attached hydrogens (tertiary/aromatic N) is 1. The molecule has 1 aromatic carbocycles. The van der Waals surface area contributed by atoms with Crippen LogP contribution in [-0.4, -0.2) is 24.0 Å². The number of rotatable bonds is 6. The first-order chi connectivity index (χ1) is 8.40. The van der Waals surface area contributed by atoms with Gasteiger partial charge in [0.15, 0.2) is 0 Å². The molecule has 0 aliphatic heterocycles. The molecule has 2 nitrogen and oxygen atoms in total. The predicted octanol–water partition coefficient (Wildman–Crippen LogP) is 3.37. The van der Waals surface area contributed by atoms with Gasteiger partial charge in [-0.15, -0.1) is 0 Å². The minimum absolute atomic E-state index is 0.253. The summed E-state index contributed by atoms with van der Waals surface area (Å²) in [7, 11) is 2.19. The van der Waals surface area contributed by atoms with Crippen LogP contribution in [0.25, 0.3) is 0 Å². The normalized spacial score (nSPS) is 13.9. The van der Waals surface area contributed by atoms with E-state index in [1.807, 2.05) is 0 Å². The molecule has 0 bridgehead atoms. The Hall–Kier alpha value is -0.860. The molecule has 0 saturated heterocycles. The van der Waals surface area contributed by atoms with Gasteiger partial charge in [-0.05, 0) is 50.9 Å². The zero-order chi connectivity index (χ0) is 13.8. The monoisotopic (exact) mass is 248 g/mol. The van der Waals surface area contributed by atoms with Gasteiger partial charge in [-0.2, -0.15) is 0 Å². The van der Waals surface area contributed by atoms with Crippen LogP contribution in [0.1, 0.15) is 51.2 Å². The third-order valence-corrected chi connectivity index (χ3v) is 4.22. The van der Waals surface area contributed by atoms with E-state index in [4.69, 9.17) is 5.73 Å². The van der Waals surface area contributed by atoms with E-state index in [0.717, 1.165) is 13.0 Å². The first-order valence-electron chi connectivity index (χ1n) is 6.91. The molecule has 2 N–H and O–H groups in total. The maximum atomic E-state index is 5.69. The van der Waals surface area contributed by atoms with Crippen molar-refractivity contribution in [1.29, 1.82) is 0 Å². The molecule has 1 rings (SSSR count).